The van der Waals surface area contributed by atoms with E-state index in [0.29, 0.717) is 0 Å². The topological polar surface area (TPSA) is 38.3 Å². The highest BCUT2D eigenvalue weighted by Crippen LogP contribution is 2.22. The van der Waals surface area contributed by atoms with E-state index in [4.69, 9.17) is 0 Å². The minimum absolute atomic E-state index is 0.432. The van der Waals surface area contributed by atoms with E-state index in [-0.39, 0.29) is 0 Å². The van der Waals surface area contributed by atoms with Gasteiger partial charge >= 0.3 is 6.09 Å². The molecule has 92 valence electrons. The Hall–Kier alpha value is -1.77. The van der Waals surface area contributed by atoms with E-state index >= 15 is 0 Å². The fraction of sp³-hybridized carbons (Fsp3) is 0.357. The largest absolute Gasteiger partial charge is 0.453 e. The number of benzene rings is 1. The van der Waals surface area contributed by atoms with Gasteiger partial charge in [-0.3, -0.25) is 0 Å². The van der Waals surface area contributed by atoms with Gasteiger partial charge in [0.25, 0.3) is 0 Å². The maximum absolute atomic E-state index is 11.2. The van der Waals surface area contributed by atoms with Gasteiger partial charge < -0.3 is 10.1 Å². The molecule has 0 aromatic heterocycles. The Morgan fingerprint density at radius 3 is 2.24 bits per heavy atom. The number of alkyl carbamates (subject to hydrolysis) is 1. The van der Waals surface area contributed by atoms with Gasteiger partial charge in [-0.25, -0.2) is 4.79 Å². The molecule has 1 N–H and O–H groups in total. The average Bonchev–Trinajstić information content (AvgIpc) is 2.28. The zero-order valence-electron chi connectivity index (χ0n) is 10.8. The molecule has 0 spiro atoms. The maximum atomic E-state index is 11.2. The van der Waals surface area contributed by atoms with E-state index in [1.165, 1.54) is 7.11 Å². The molecule has 0 radical (unpaired) electrons. The van der Waals surface area contributed by atoms with Crippen LogP contribution < -0.4 is 5.32 Å². The first-order valence-corrected chi connectivity index (χ1v) is 5.49. The lowest BCUT2D eigenvalue weighted by molar-refractivity contribution is 0.159. The van der Waals surface area contributed by atoms with Crippen molar-refractivity contribution >= 4 is 11.7 Å². The molecule has 3 heteroatoms. The Balaban J connectivity index is 2.91. The molecule has 1 amide bonds. The van der Waals surface area contributed by atoms with Crippen LogP contribution in [0.3, 0.4) is 0 Å². The normalized spacial score (nSPS) is 10.8. The van der Waals surface area contributed by atoms with E-state index in [1.807, 2.05) is 45.0 Å². The van der Waals surface area contributed by atoms with Crippen LogP contribution in [0.4, 0.5) is 4.79 Å². The SMILES string of the molecule is C=C(C)c1ccc(C(C)(C)NC(=O)OC)cc1. The van der Waals surface area contributed by atoms with Crippen LogP contribution in [0.1, 0.15) is 31.9 Å². The summed E-state index contributed by atoms with van der Waals surface area (Å²) in [4.78, 5) is 11.2. The van der Waals surface area contributed by atoms with Crippen LogP contribution in [0.5, 0.6) is 0 Å². The van der Waals surface area contributed by atoms with Gasteiger partial charge in [0.05, 0.1) is 12.6 Å². The minimum Gasteiger partial charge on any atom is -0.453 e. The molecule has 17 heavy (non-hydrogen) atoms. The molecule has 0 bridgehead atoms. The highest BCUT2D eigenvalue weighted by atomic mass is 16.5. The third-order valence-electron chi connectivity index (χ3n) is 2.70. The first-order valence-electron chi connectivity index (χ1n) is 5.49. The minimum atomic E-state index is -0.458. The van der Waals surface area contributed by atoms with Gasteiger partial charge in [0.2, 0.25) is 0 Å². The summed E-state index contributed by atoms with van der Waals surface area (Å²) < 4.78 is 4.61. The van der Waals surface area contributed by atoms with E-state index < -0.39 is 11.6 Å². The van der Waals surface area contributed by atoms with Crippen molar-refractivity contribution in [1.82, 2.24) is 5.32 Å². The zero-order valence-corrected chi connectivity index (χ0v) is 10.8. The Morgan fingerprint density at radius 1 is 1.29 bits per heavy atom. The van der Waals surface area contributed by atoms with E-state index in [0.717, 1.165) is 16.7 Å². The molecule has 1 rings (SSSR count). The van der Waals surface area contributed by atoms with Gasteiger partial charge in [-0.1, -0.05) is 36.4 Å². The summed E-state index contributed by atoms with van der Waals surface area (Å²) in [7, 11) is 1.36. The van der Waals surface area contributed by atoms with Crippen molar-refractivity contribution in [3.05, 3.63) is 42.0 Å². The Morgan fingerprint density at radius 2 is 1.82 bits per heavy atom. The second kappa shape index (κ2) is 5.04. The monoisotopic (exact) mass is 233 g/mol. The van der Waals surface area contributed by atoms with Gasteiger partial charge in [-0.05, 0) is 31.9 Å². The number of methoxy groups -OCH3 is 1. The lowest BCUT2D eigenvalue weighted by atomic mass is 9.93. The molecule has 0 fully saturated rings. The van der Waals surface area contributed by atoms with Gasteiger partial charge in [0.1, 0.15) is 0 Å². The zero-order chi connectivity index (χ0) is 13.1. The van der Waals surface area contributed by atoms with Crippen molar-refractivity contribution in [1.29, 1.82) is 0 Å². The van der Waals surface area contributed by atoms with Gasteiger partial charge in [-0.15, -0.1) is 0 Å². The summed E-state index contributed by atoms with van der Waals surface area (Å²) in [6.45, 7) is 9.71. The van der Waals surface area contributed by atoms with Crippen LogP contribution in [-0.2, 0) is 10.3 Å². The van der Waals surface area contributed by atoms with E-state index in [2.05, 4.69) is 16.6 Å². The van der Waals surface area contributed by atoms with Crippen LogP contribution in [0, 0.1) is 0 Å². The molecule has 0 aliphatic carbocycles. The molecule has 0 heterocycles. The molecule has 0 atom stereocenters. The first-order chi connectivity index (χ1) is 7.86. The number of ether oxygens (including phenoxy) is 1. The quantitative estimate of drug-likeness (QED) is 0.869. The summed E-state index contributed by atoms with van der Waals surface area (Å²) in [5, 5.41) is 2.79. The number of hydrogen-bond donors (Lipinski definition) is 1. The fourth-order valence-corrected chi connectivity index (χ4v) is 1.55. The van der Waals surface area contributed by atoms with E-state index in [1.54, 1.807) is 0 Å². The molecular weight excluding hydrogens is 214 g/mol. The predicted octanol–water partition coefficient (Wildman–Crippen LogP) is 3.31. The molecule has 0 saturated carbocycles. The number of hydrogen-bond acceptors (Lipinski definition) is 2. The van der Waals surface area contributed by atoms with Crippen LogP contribution in [-0.4, -0.2) is 13.2 Å². The molecule has 3 nitrogen and oxygen atoms in total. The van der Waals surface area contributed by atoms with Crippen LogP contribution in [0.2, 0.25) is 0 Å². The van der Waals surface area contributed by atoms with Crippen molar-refractivity contribution in [3.8, 4) is 0 Å². The van der Waals surface area contributed by atoms with Crippen LogP contribution in [0.15, 0.2) is 30.8 Å². The molecule has 0 aliphatic heterocycles. The third-order valence-corrected chi connectivity index (χ3v) is 2.70. The van der Waals surface area contributed by atoms with Crippen LogP contribution in [0.25, 0.3) is 5.57 Å². The molecule has 1 aromatic carbocycles. The summed E-state index contributed by atoms with van der Waals surface area (Å²) >= 11 is 0. The summed E-state index contributed by atoms with van der Waals surface area (Å²) in [6, 6.07) is 7.97. The predicted molar refractivity (Wildman–Crippen MR) is 69.7 cm³/mol. The summed E-state index contributed by atoms with van der Waals surface area (Å²) in [5.41, 5.74) is 2.69. The fourth-order valence-electron chi connectivity index (χ4n) is 1.55. The number of carbonyl (C=O) groups excluding carboxylic acids is 1. The smallest absolute Gasteiger partial charge is 0.407 e. The first kappa shape index (κ1) is 13.3. The maximum Gasteiger partial charge on any atom is 0.407 e. The van der Waals surface area contributed by atoms with Crippen LogP contribution >= 0.6 is 0 Å². The lowest BCUT2D eigenvalue weighted by Gasteiger charge is -2.26. The van der Waals surface area contributed by atoms with Gasteiger partial charge in [0, 0.05) is 0 Å². The second-order valence-electron chi connectivity index (χ2n) is 4.60. The highest BCUT2D eigenvalue weighted by Gasteiger charge is 2.22. The summed E-state index contributed by atoms with van der Waals surface area (Å²) in [6.07, 6.45) is -0.432. The lowest BCUT2D eigenvalue weighted by Crippen LogP contribution is -2.40. The van der Waals surface area contributed by atoms with E-state index in [9.17, 15) is 4.79 Å². The number of nitrogens with one attached hydrogen (secondary N) is 1. The van der Waals surface area contributed by atoms with Crippen molar-refractivity contribution in [2.45, 2.75) is 26.3 Å². The highest BCUT2D eigenvalue weighted by molar-refractivity contribution is 5.68. The number of allylic oxidation sites excluding steroid dienone is 1. The molecule has 0 aliphatic rings. The Labute approximate surface area is 102 Å². The van der Waals surface area contributed by atoms with Crippen molar-refractivity contribution in [2.24, 2.45) is 0 Å². The van der Waals surface area contributed by atoms with Gasteiger partial charge in [-0.2, -0.15) is 0 Å². The number of amides is 1. The number of carbonyl (C=O) groups is 1. The van der Waals surface area contributed by atoms with Crippen molar-refractivity contribution in [2.75, 3.05) is 7.11 Å². The number of rotatable bonds is 3. The third kappa shape index (κ3) is 3.34. The van der Waals surface area contributed by atoms with Crippen molar-refractivity contribution in [3.63, 3.8) is 0 Å². The average molecular weight is 233 g/mol. The second-order valence-corrected chi connectivity index (χ2v) is 4.60. The Kier molecular flexibility index (Phi) is 3.94. The van der Waals surface area contributed by atoms with Crippen molar-refractivity contribution < 1.29 is 9.53 Å². The standard InChI is InChI=1S/C14H19NO2/c1-10(2)11-6-8-12(9-7-11)14(3,4)15-13(16)17-5/h6-9H,1H2,2-5H3,(H,15,16). The van der Waals surface area contributed by atoms with Gasteiger partial charge in [0.15, 0.2) is 0 Å². The molecule has 1 aromatic rings. The Bertz CT molecular complexity index is 418. The molecular formula is C14H19NO2. The molecule has 0 unspecified atom stereocenters. The molecule has 0 saturated heterocycles. The summed E-state index contributed by atoms with van der Waals surface area (Å²) in [5.74, 6) is 0.